The van der Waals surface area contributed by atoms with Gasteiger partial charge in [-0.1, -0.05) is 27.2 Å². The van der Waals surface area contributed by atoms with Crippen LogP contribution in [-0.4, -0.2) is 57.8 Å². The SMILES string of the molecule is Cc1csc(C(=O)NCCO[Si](C)(C)C(C)(C)C)c1NC(=O)CN1CCCCC1. The number of amides is 2. The van der Waals surface area contributed by atoms with E-state index in [9.17, 15) is 9.59 Å². The molecule has 0 radical (unpaired) electrons. The van der Waals surface area contributed by atoms with Crippen molar-refractivity contribution >= 4 is 37.2 Å². The van der Waals surface area contributed by atoms with Crippen LogP contribution >= 0.6 is 11.3 Å². The van der Waals surface area contributed by atoms with Gasteiger partial charge in [0.1, 0.15) is 4.88 Å². The first-order valence-electron chi connectivity index (χ1n) is 10.5. The van der Waals surface area contributed by atoms with Crippen LogP contribution in [-0.2, 0) is 9.22 Å². The van der Waals surface area contributed by atoms with E-state index in [4.69, 9.17) is 4.43 Å². The normalized spacial score (nSPS) is 15.9. The van der Waals surface area contributed by atoms with E-state index in [0.29, 0.717) is 30.3 Å². The van der Waals surface area contributed by atoms with Gasteiger partial charge in [-0.2, -0.15) is 0 Å². The van der Waals surface area contributed by atoms with Gasteiger partial charge in [-0.25, -0.2) is 0 Å². The van der Waals surface area contributed by atoms with Crippen LogP contribution < -0.4 is 10.6 Å². The highest BCUT2D eigenvalue weighted by molar-refractivity contribution is 7.13. The predicted molar refractivity (Wildman–Crippen MR) is 123 cm³/mol. The number of carbonyl (C=O) groups excluding carboxylic acids is 2. The van der Waals surface area contributed by atoms with E-state index in [2.05, 4.69) is 49.4 Å². The summed E-state index contributed by atoms with van der Waals surface area (Å²) in [7, 11) is -1.82. The summed E-state index contributed by atoms with van der Waals surface area (Å²) < 4.78 is 6.12. The van der Waals surface area contributed by atoms with Gasteiger partial charge in [0.25, 0.3) is 5.91 Å². The number of thiophene rings is 1. The zero-order valence-electron chi connectivity index (χ0n) is 18.8. The molecule has 0 aromatic carbocycles. The molecule has 0 spiro atoms. The molecule has 1 saturated heterocycles. The van der Waals surface area contributed by atoms with Crippen molar-refractivity contribution in [2.75, 3.05) is 38.1 Å². The van der Waals surface area contributed by atoms with Gasteiger partial charge in [0.05, 0.1) is 18.8 Å². The minimum Gasteiger partial charge on any atom is -0.415 e. The van der Waals surface area contributed by atoms with E-state index in [1.165, 1.54) is 17.8 Å². The van der Waals surface area contributed by atoms with Crippen LogP contribution in [0.15, 0.2) is 5.38 Å². The molecule has 0 unspecified atom stereocenters. The molecular weight excluding hydrogens is 402 g/mol. The summed E-state index contributed by atoms with van der Waals surface area (Å²) in [6, 6.07) is 0. The maximum Gasteiger partial charge on any atom is 0.263 e. The Bertz CT molecular complexity index is 707. The van der Waals surface area contributed by atoms with Crippen molar-refractivity contribution in [3.05, 3.63) is 15.8 Å². The number of hydrogen-bond donors (Lipinski definition) is 2. The Morgan fingerprint density at radius 1 is 1.21 bits per heavy atom. The lowest BCUT2D eigenvalue weighted by molar-refractivity contribution is -0.117. The van der Waals surface area contributed by atoms with Crippen LogP contribution in [0, 0.1) is 6.92 Å². The summed E-state index contributed by atoms with van der Waals surface area (Å²) in [6.07, 6.45) is 3.54. The Labute approximate surface area is 180 Å². The van der Waals surface area contributed by atoms with Crippen LogP contribution in [0.4, 0.5) is 5.69 Å². The lowest BCUT2D eigenvalue weighted by Gasteiger charge is -2.36. The van der Waals surface area contributed by atoms with Crippen molar-refractivity contribution in [1.29, 1.82) is 0 Å². The molecule has 2 heterocycles. The average Bonchev–Trinajstić information content (AvgIpc) is 2.99. The molecule has 1 aliphatic rings. The Kier molecular flexibility index (Phi) is 8.45. The summed E-state index contributed by atoms with van der Waals surface area (Å²) in [4.78, 5) is 27.9. The summed E-state index contributed by atoms with van der Waals surface area (Å²) >= 11 is 1.37. The third-order valence-corrected chi connectivity index (χ3v) is 11.6. The predicted octanol–water partition coefficient (Wildman–Crippen LogP) is 4.23. The second-order valence-corrected chi connectivity index (χ2v) is 15.1. The van der Waals surface area contributed by atoms with Crippen molar-refractivity contribution < 1.29 is 14.0 Å². The number of rotatable bonds is 8. The van der Waals surface area contributed by atoms with Crippen molar-refractivity contribution in [3.63, 3.8) is 0 Å². The summed E-state index contributed by atoms with van der Waals surface area (Å²) in [5.74, 6) is -0.209. The van der Waals surface area contributed by atoms with Crippen molar-refractivity contribution in [1.82, 2.24) is 10.2 Å². The molecular formula is C21H37N3O3SSi. The molecule has 29 heavy (non-hydrogen) atoms. The second kappa shape index (κ2) is 10.2. The zero-order chi connectivity index (χ0) is 21.7. The van der Waals surface area contributed by atoms with Gasteiger partial charge in [-0.3, -0.25) is 14.5 Å². The van der Waals surface area contributed by atoms with Crippen molar-refractivity contribution in [2.24, 2.45) is 0 Å². The minimum absolute atomic E-state index is 0.0521. The van der Waals surface area contributed by atoms with Crippen molar-refractivity contribution in [3.8, 4) is 0 Å². The number of nitrogens with one attached hydrogen (secondary N) is 2. The highest BCUT2D eigenvalue weighted by Crippen LogP contribution is 2.36. The van der Waals surface area contributed by atoms with E-state index < -0.39 is 8.32 Å². The maximum atomic E-state index is 12.7. The van der Waals surface area contributed by atoms with Crippen LogP contribution in [0.5, 0.6) is 0 Å². The van der Waals surface area contributed by atoms with Gasteiger partial charge in [0, 0.05) is 6.54 Å². The first kappa shape index (κ1) is 24.1. The fourth-order valence-electron chi connectivity index (χ4n) is 3.03. The van der Waals surface area contributed by atoms with Gasteiger partial charge in [0.2, 0.25) is 5.91 Å². The third-order valence-electron chi connectivity index (χ3n) is 5.92. The molecule has 0 bridgehead atoms. The fourth-order valence-corrected chi connectivity index (χ4v) is 5.00. The summed E-state index contributed by atoms with van der Waals surface area (Å²) in [5, 5.41) is 7.97. The Morgan fingerprint density at radius 2 is 1.86 bits per heavy atom. The van der Waals surface area contributed by atoms with Crippen molar-refractivity contribution in [2.45, 2.75) is 65.1 Å². The Hall–Kier alpha value is -1.22. The number of carbonyl (C=O) groups is 2. The van der Waals surface area contributed by atoms with Crippen LogP contribution in [0.25, 0.3) is 0 Å². The largest absolute Gasteiger partial charge is 0.415 e. The number of aryl methyl sites for hydroxylation is 1. The first-order chi connectivity index (χ1) is 13.5. The standard InChI is InChI=1S/C21H37N3O3SSi/c1-16-15-28-19(18(16)23-17(25)14-24-11-8-7-9-12-24)20(26)22-10-13-27-29(5,6)21(2,3)4/h15H,7-14H2,1-6H3,(H,22,26)(H,23,25). The van der Waals surface area contributed by atoms with Crippen LogP contribution in [0.3, 0.4) is 0 Å². The molecule has 1 aliphatic heterocycles. The van der Waals surface area contributed by atoms with Gasteiger partial charge in [0.15, 0.2) is 8.32 Å². The molecule has 1 aromatic rings. The molecule has 8 heteroatoms. The molecule has 6 nitrogen and oxygen atoms in total. The van der Waals surface area contributed by atoms with Gasteiger partial charge in [-0.15, -0.1) is 11.3 Å². The topological polar surface area (TPSA) is 70.7 Å². The maximum absolute atomic E-state index is 12.7. The quantitative estimate of drug-likeness (QED) is 0.470. The van der Waals surface area contributed by atoms with Gasteiger partial charge in [-0.05, 0) is 61.9 Å². The molecule has 164 valence electrons. The highest BCUT2D eigenvalue weighted by atomic mass is 32.1. The van der Waals surface area contributed by atoms with E-state index in [1.54, 1.807) is 0 Å². The number of nitrogens with zero attached hydrogens (tertiary/aromatic N) is 1. The summed E-state index contributed by atoms with van der Waals surface area (Å²) in [6.45, 7) is 16.2. The molecule has 0 atom stereocenters. The minimum atomic E-state index is -1.82. The molecule has 1 aromatic heterocycles. The lowest BCUT2D eigenvalue weighted by Crippen LogP contribution is -2.42. The third kappa shape index (κ3) is 6.91. The zero-order valence-corrected chi connectivity index (χ0v) is 20.6. The van der Waals surface area contributed by atoms with E-state index >= 15 is 0 Å². The molecule has 2 N–H and O–H groups in total. The second-order valence-electron chi connectivity index (χ2n) is 9.37. The summed E-state index contributed by atoms with van der Waals surface area (Å²) in [5.41, 5.74) is 1.56. The van der Waals surface area contributed by atoms with E-state index in [-0.39, 0.29) is 16.9 Å². The number of piperidine rings is 1. The lowest BCUT2D eigenvalue weighted by atomic mass is 10.1. The smallest absolute Gasteiger partial charge is 0.263 e. The first-order valence-corrected chi connectivity index (χ1v) is 14.3. The molecule has 2 amide bonds. The van der Waals surface area contributed by atoms with Gasteiger partial charge < -0.3 is 15.1 Å². The average molecular weight is 440 g/mol. The monoisotopic (exact) mass is 439 g/mol. The molecule has 1 fully saturated rings. The van der Waals surface area contributed by atoms with E-state index in [0.717, 1.165) is 31.5 Å². The highest BCUT2D eigenvalue weighted by Gasteiger charge is 2.36. The molecule has 0 aliphatic carbocycles. The fraction of sp³-hybridized carbons (Fsp3) is 0.714. The van der Waals surface area contributed by atoms with E-state index in [1.807, 2.05) is 12.3 Å². The van der Waals surface area contributed by atoms with Gasteiger partial charge >= 0.3 is 0 Å². The number of anilines is 1. The Morgan fingerprint density at radius 3 is 2.48 bits per heavy atom. The Balaban J connectivity index is 1.87. The van der Waals surface area contributed by atoms with Crippen LogP contribution in [0.1, 0.15) is 55.3 Å². The molecule has 2 rings (SSSR count). The number of likely N-dealkylation sites (tertiary alicyclic amines) is 1. The number of hydrogen-bond acceptors (Lipinski definition) is 5. The molecule has 0 saturated carbocycles. The van der Waals surface area contributed by atoms with Crippen LogP contribution in [0.2, 0.25) is 18.1 Å².